The lowest BCUT2D eigenvalue weighted by Crippen LogP contribution is -2.19. The maximum atomic E-state index is 6.07. The van der Waals surface area contributed by atoms with Gasteiger partial charge >= 0.3 is 0 Å². The van der Waals surface area contributed by atoms with Crippen LogP contribution in [0.5, 0.6) is 0 Å². The molecule has 0 radical (unpaired) electrons. The van der Waals surface area contributed by atoms with Crippen molar-refractivity contribution in [2.24, 2.45) is 11.7 Å². The van der Waals surface area contributed by atoms with E-state index in [2.05, 4.69) is 48.3 Å². The van der Waals surface area contributed by atoms with Gasteiger partial charge in [-0.2, -0.15) is 4.98 Å². The van der Waals surface area contributed by atoms with Crippen LogP contribution in [0.2, 0.25) is 0 Å². The van der Waals surface area contributed by atoms with Gasteiger partial charge in [0.25, 0.3) is 0 Å². The fourth-order valence-electron chi connectivity index (χ4n) is 2.64. The van der Waals surface area contributed by atoms with Crippen LogP contribution in [0, 0.1) is 5.92 Å². The van der Waals surface area contributed by atoms with Gasteiger partial charge in [0, 0.05) is 0 Å². The van der Waals surface area contributed by atoms with Crippen molar-refractivity contribution in [3.63, 3.8) is 0 Å². The molecule has 4 heteroatoms. The number of hydrogen-bond acceptors (Lipinski definition) is 4. The van der Waals surface area contributed by atoms with Crippen molar-refractivity contribution in [3.8, 4) is 0 Å². The molecule has 0 bridgehead atoms. The van der Waals surface area contributed by atoms with E-state index >= 15 is 0 Å². The molecule has 1 aliphatic rings. The molecule has 100 valence electrons. The zero-order chi connectivity index (χ0) is 13.4. The zero-order valence-electron chi connectivity index (χ0n) is 11.3. The molecule has 0 saturated carbocycles. The number of fused-ring (bicyclic) bond motifs is 1. The summed E-state index contributed by atoms with van der Waals surface area (Å²) in [5.74, 6) is 2.13. The van der Waals surface area contributed by atoms with E-state index in [9.17, 15) is 0 Å². The highest BCUT2D eigenvalue weighted by Crippen LogP contribution is 2.38. The predicted molar refractivity (Wildman–Crippen MR) is 72.7 cm³/mol. The lowest BCUT2D eigenvalue weighted by atomic mass is 9.77. The monoisotopic (exact) mass is 257 g/mol. The third kappa shape index (κ3) is 2.28. The SMILES string of the molecule is CC(C)C[C@H](N)c1nc(C2Cc3ccccc32)no1. The normalized spacial score (nSPS) is 19.1. The fraction of sp³-hybridized carbons (Fsp3) is 0.467. The van der Waals surface area contributed by atoms with Crippen molar-refractivity contribution in [1.82, 2.24) is 10.1 Å². The van der Waals surface area contributed by atoms with E-state index in [1.165, 1.54) is 11.1 Å². The van der Waals surface area contributed by atoms with Crippen molar-refractivity contribution in [2.45, 2.75) is 38.6 Å². The Balaban J connectivity index is 1.77. The van der Waals surface area contributed by atoms with Gasteiger partial charge in [0.1, 0.15) is 0 Å². The Bertz CT molecular complexity index is 576. The first-order chi connectivity index (χ1) is 9.15. The number of nitrogens with zero attached hydrogens (tertiary/aromatic N) is 2. The first-order valence-electron chi connectivity index (χ1n) is 6.82. The molecule has 3 rings (SSSR count). The molecule has 1 aromatic heterocycles. The molecule has 1 aromatic carbocycles. The predicted octanol–water partition coefficient (Wildman–Crippen LogP) is 2.80. The quantitative estimate of drug-likeness (QED) is 0.914. The molecule has 1 aliphatic carbocycles. The molecule has 0 aliphatic heterocycles. The van der Waals surface area contributed by atoms with Crippen LogP contribution < -0.4 is 5.73 Å². The molecule has 1 heterocycles. The van der Waals surface area contributed by atoms with Gasteiger partial charge in [-0.1, -0.05) is 43.3 Å². The van der Waals surface area contributed by atoms with E-state index in [0.717, 1.165) is 18.7 Å². The van der Waals surface area contributed by atoms with Crippen LogP contribution in [0.3, 0.4) is 0 Å². The van der Waals surface area contributed by atoms with Crippen molar-refractivity contribution < 1.29 is 4.52 Å². The van der Waals surface area contributed by atoms with Crippen molar-refractivity contribution >= 4 is 0 Å². The molecule has 4 nitrogen and oxygen atoms in total. The largest absolute Gasteiger partial charge is 0.338 e. The van der Waals surface area contributed by atoms with Crippen molar-refractivity contribution in [1.29, 1.82) is 0 Å². The van der Waals surface area contributed by atoms with Crippen LogP contribution in [0.4, 0.5) is 0 Å². The van der Waals surface area contributed by atoms with Crippen LogP contribution >= 0.6 is 0 Å². The second-order valence-electron chi connectivity index (χ2n) is 5.68. The highest BCUT2D eigenvalue weighted by atomic mass is 16.5. The summed E-state index contributed by atoms with van der Waals surface area (Å²) >= 11 is 0. The Labute approximate surface area is 113 Å². The molecule has 0 saturated heterocycles. The fourth-order valence-corrected chi connectivity index (χ4v) is 2.64. The number of nitrogens with two attached hydrogens (primary N) is 1. The van der Waals surface area contributed by atoms with Gasteiger partial charge in [-0.3, -0.25) is 0 Å². The van der Waals surface area contributed by atoms with Gasteiger partial charge < -0.3 is 10.3 Å². The van der Waals surface area contributed by atoms with E-state index in [0.29, 0.717) is 11.8 Å². The van der Waals surface area contributed by atoms with Crippen LogP contribution in [-0.4, -0.2) is 10.1 Å². The molecule has 0 spiro atoms. The molecular formula is C15H19N3O. The molecule has 19 heavy (non-hydrogen) atoms. The van der Waals surface area contributed by atoms with Gasteiger partial charge in [0.05, 0.1) is 12.0 Å². The summed E-state index contributed by atoms with van der Waals surface area (Å²) in [4.78, 5) is 4.48. The van der Waals surface area contributed by atoms with E-state index in [1.807, 2.05) is 0 Å². The van der Waals surface area contributed by atoms with E-state index in [4.69, 9.17) is 10.3 Å². The highest BCUT2D eigenvalue weighted by molar-refractivity contribution is 5.43. The lowest BCUT2D eigenvalue weighted by Gasteiger charge is -2.27. The second kappa shape index (κ2) is 4.78. The van der Waals surface area contributed by atoms with Gasteiger partial charge in [-0.15, -0.1) is 0 Å². The summed E-state index contributed by atoms with van der Waals surface area (Å²) in [6.45, 7) is 4.28. The summed E-state index contributed by atoms with van der Waals surface area (Å²) in [5, 5.41) is 4.10. The molecule has 0 amide bonds. The van der Waals surface area contributed by atoms with E-state index in [1.54, 1.807) is 0 Å². The first-order valence-corrected chi connectivity index (χ1v) is 6.82. The molecule has 2 atom stereocenters. The minimum Gasteiger partial charge on any atom is -0.338 e. The van der Waals surface area contributed by atoms with Crippen molar-refractivity contribution in [2.75, 3.05) is 0 Å². The Morgan fingerprint density at radius 1 is 1.37 bits per heavy atom. The van der Waals surface area contributed by atoms with Gasteiger partial charge in [-0.25, -0.2) is 0 Å². The summed E-state index contributed by atoms with van der Waals surface area (Å²) in [6, 6.07) is 8.24. The molecular weight excluding hydrogens is 238 g/mol. The number of aromatic nitrogens is 2. The molecule has 2 N–H and O–H groups in total. The van der Waals surface area contributed by atoms with Crippen molar-refractivity contribution in [3.05, 3.63) is 47.1 Å². The standard InChI is InChI=1S/C15H19N3O/c1-9(2)7-13(16)15-17-14(18-19-15)12-8-10-5-3-4-6-11(10)12/h3-6,9,12-13H,7-8,16H2,1-2H3/t12?,13-/m0/s1. The first kappa shape index (κ1) is 12.4. The van der Waals surface area contributed by atoms with Gasteiger partial charge in [0.15, 0.2) is 5.82 Å². The summed E-state index contributed by atoms with van der Waals surface area (Å²) in [5.41, 5.74) is 8.76. The van der Waals surface area contributed by atoms with E-state index < -0.39 is 0 Å². The number of benzene rings is 1. The topological polar surface area (TPSA) is 64.9 Å². The van der Waals surface area contributed by atoms with Crippen LogP contribution in [0.15, 0.2) is 28.8 Å². The third-order valence-electron chi connectivity index (χ3n) is 3.67. The Morgan fingerprint density at radius 3 is 2.89 bits per heavy atom. The average Bonchev–Trinajstić information content (AvgIpc) is 2.79. The second-order valence-corrected chi connectivity index (χ2v) is 5.68. The maximum absolute atomic E-state index is 6.07. The third-order valence-corrected chi connectivity index (χ3v) is 3.67. The average molecular weight is 257 g/mol. The summed E-state index contributed by atoms with van der Waals surface area (Å²) < 4.78 is 5.31. The van der Waals surface area contributed by atoms with Gasteiger partial charge in [-0.05, 0) is 29.9 Å². The maximum Gasteiger partial charge on any atom is 0.243 e. The van der Waals surface area contributed by atoms with E-state index in [-0.39, 0.29) is 12.0 Å². The van der Waals surface area contributed by atoms with Crippen LogP contribution in [-0.2, 0) is 6.42 Å². The Morgan fingerprint density at radius 2 is 2.16 bits per heavy atom. The minimum absolute atomic E-state index is 0.156. The smallest absolute Gasteiger partial charge is 0.243 e. The van der Waals surface area contributed by atoms with Crippen LogP contribution in [0.25, 0.3) is 0 Å². The summed E-state index contributed by atoms with van der Waals surface area (Å²) in [6.07, 6.45) is 1.86. The summed E-state index contributed by atoms with van der Waals surface area (Å²) in [7, 11) is 0. The molecule has 0 fully saturated rings. The highest BCUT2D eigenvalue weighted by Gasteiger charge is 2.31. The molecule has 1 unspecified atom stereocenters. The minimum atomic E-state index is -0.156. The van der Waals surface area contributed by atoms with Gasteiger partial charge in [0.2, 0.25) is 5.89 Å². The van der Waals surface area contributed by atoms with Crippen LogP contribution in [0.1, 0.15) is 55.1 Å². The molecule has 2 aromatic rings. The zero-order valence-corrected chi connectivity index (χ0v) is 11.3. The number of hydrogen-bond donors (Lipinski definition) is 1. The Hall–Kier alpha value is -1.68. The number of rotatable bonds is 4. The Kier molecular flexibility index (Phi) is 3.11. The lowest BCUT2D eigenvalue weighted by molar-refractivity contribution is 0.331.